The Balaban J connectivity index is 1.75. The van der Waals surface area contributed by atoms with Crippen LogP contribution in [0.3, 0.4) is 0 Å². The van der Waals surface area contributed by atoms with E-state index in [0.29, 0.717) is 28.9 Å². The van der Waals surface area contributed by atoms with E-state index in [0.717, 1.165) is 24.8 Å². The second-order valence-electron chi connectivity index (χ2n) is 8.42. The largest absolute Gasteiger partial charge is 0.508 e. The van der Waals surface area contributed by atoms with Gasteiger partial charge in [0.2, 0.25) is 0 Å². The molecule has 1 aliphatic carbocycles. The minimum Gasteiger partial charge on any atom is -0.508 e. The van der Waals surface area contributed by atoms with Crippen LogP contribution in [0.25, 0.3) is 0 Å². The van der Waals surface area contributed by atoms with Crippen molar-refractivity contribution < 1.29 is 35.0 Å². The lowest BCUT2D eigenvalue weighted by atomic mass is 9.88. The number of phenolic OH excluding ortho intramolecular Hbond substituents is 1. The summed E-state index contributed by atoms with van der Waals surface area (Å²) >= 11 is 0. The van der Waals surface area contributed by atoms with E-state index in [-0.39, 0.29) is 11.9 Å². The Morgan fingerprint density at radius 1 is 1.03 bits per heavy atom. The van der Waals surface area contributed by atoms with Crippen molar-refractivity contribution in [3.63, 3.8) is 0 Å². The first-order valence-corrected chi connectivity index (χ1v) is 10.7. The standard InChI is InChI=1S/C24H27NO7/c25-11-15-10-19(31-17-2-1-3-17)18(9-14(15)8-13-4-6-16(27)7-5-13)24-23(30)22(29)21(28)20(12-26)32-24/h4-7,9-10,17,20-24,26-30H,1-3,8,12H2/t20-,21-,22+,23-,24+/m1/s1. The van der Waals surface area contributed by atoms with Crippen LogP contribution in [0.15, 0.2) is 36.4 Å². The summed E-state index contributed by atoms with van der Waals surface area (Å²) in [6, 6.07) is 12.2. The first-order valence-electron chi connectivity index (χ1n) is 10.7. The van der Waals surface area contributed by atoms with Crippen LogP contribution < -0.4 is 4.74 Å². The van der Waals surface area contributed by atoms with Crippen molar-refractivity contribution in [1.82, 2.24) is 0 Å². The number of aliphatic hydroxyl groups excluding tert-OH is 4. The molecule has 1 heterocycles. The molecule has 8 nitrogen and oxygen atoms in total. The molecule has 0 aromatic heterocycles. The maximum atomic E-state index is 10.7. The van der Waals surface area contributed by atoms with Crippen LogP contribution in [0.2, 0.25) is 0 Å². The molecule has 0 unspecified atom stereocenters. The van der Waals surface area contributed by atoms with Crippen molar-refractivity contribution in [2.24, 2.45) is 0 Å². The highest BCUT2D eigenvalue weighted by molar-refractivity contribution is 5.51. The van der Waals surface area contributed by atoms with E-state index in [4.69, 9.17) is 9.47 Å². The van der Waals surface area contributed by atoms with Gasteiger partial charge in [0, 0.05) is 5.56 Å². The molecule has 8 heteroatoms. The van der Waals surface area contributed by atoms with Gasteiger partial charge in [0.15, 0.2) is 0 Å². The lowest BCUT2D eigenvalue weighted by Crippen LogP contribution is -2.55. The summed E-state index contributed by atoms with van der Waals surface area (Å²) in [7, 11) is 0. The summed E-state index contributed by atoms with van der Waals surface area (Å²) < 4.78 is 11.9. The Morgan fingerprint density at radius 3 is 2.34 bits per heavy atom. The minimum absolute atomic E-state index is 0.00636. The molecule has 0 radical (unpaired) electrons. The molecule has 4 rings (SSSR count). The zero-order valence-electron chi connectivity index (χ0n) is 17.5. The van der Waals surface area contributed by atoms with Gasteiger partial charge >= 0.3 is 0 Å². The highest BCUT2D eigenvalue weighted by Crippen LogP contribution is 2.40. The molecule has 0 amide bonds. The number of aromatic hydroxyl groups is 1. The number of rotatable bonds is 6. The van der Waals surface area contributed by atoms with Crippen molar-refractivity contribution in [2.75, 3.05) is 6.61 Å². The summed E-state index contributed by atoms with van der Waals surface area (Å²) in [6.07, 6.45) is -3.36. The molecule has 5 atom stereocenters. The third-order valence-electron chi connectivity index (χ3n) is 6.23. The molecule has 2 aliphatic rings. The van der Waals surface area contributed by atoms with Gasteiger partial charge in [-0.15, -0.1) is 0 Å². The van der Waals surface area contributed by atoms with Crippen molar-refractivity contribution in [3.05, 3.63) is 58.7 Å². The second kappa shape index (κ2) is 9.45. The first kappa shape index (κ1) is 22.5. The maximum Gasteiger partial charge on any atom is 0.126 e. The zero-order valence-corrected chi connectivity index (χ0v) is 17.5. The summed E-state index contributed by atoms with van der Waals surface area (Å²) in [5.41, 5.74) is 2.38. The number of aliphatic hydroxyl groups is 4. The van der Waals surface area contributed by atoms with Crippen molar-refractivity contribution in [3.8, 4) is 17.6 Å². The molecule has 32 heavy (non-hydrogen) atoms. The minimum atomic E-state index is -1.52. The van der Waals surface area contributed by atoms with E-state index in [1.54, 1.807) is 36.4 Å². The fraction of sp³-hybridized carbons (Fsp3) is 0.458. The lowest BCUT2D eigenvalue weighted by molar-refractivity contribution is -0.232. The number of hydrogen-bond donors (Lipinski definition) is 5. The molecular weight excluding hydrogens is 414 g/mol. The average molecular weight is 441 g/mol. The predicted molar refractivity (Wildman–Crippen MR) is 113 cm³/mol. The average Bonchev–Trinajstić information content (AvgIpc) is 2.77. The lowest BCUT2D eigenvalue weighted by Gasteiger charge is -2.41. The molecule has 0 spiro atoms. The zero-order chi connectivity index (χ0) is 22.8. The normalized spacial score (nSPS) is 28.0. The van der Waals surface area contributed by atoms with Crippen molar-refractivity contribution in [1.29, 1.82) is 5.26 Å². The molecule has 1 aliphatic heterocycles. The molecule has 5 N–H and O–H groups in total. The molecule has 2 fully saturated rings. The Kier molecular flexibility index (Phi) is 6.65. The maximum absolute atomic E-state index is 10.7. The van der Waals surface area contributed by atoms with Crippen molar-refractivity contribution in [2.45, 2.75) is 62.3 Å². The topological polar surface area (TPSA) is 143 Å². The number of nitrogens with zero attached hydrogens (tertiary/aromatic N) is 1. The van der Waals surface area contributed by atoms with Crippen LogP contribution >= 0.6 is 0 Å². The summed E-state index contributed by atoms with van der Waals surface area (Å²) in [6.45, 7) is -0.531. The fourth-order valence-corrected chi connectivity index (χ4v) is 4.08. The number of hydrogen-bond acceptors (Lipinski definition) is 8. The fourth-order valence-electron chi connectivity index (χ4n) is 4.08. The smallest absolute Gasteiger partial charge is 0.126 e. The number of nitriles is 1. The summed E-state index contributed by atoms with van der Waals surface area (Å²) in [5.74, 6) is 0.519. The van der Waals surface area contributed by atoms with Gasteiger partial charge in [-0.1, -0.05) is 12.1 Å². The molecule has 0 bridgehead atoms. The van der Waals surface area contributed by atoms with Gasteiger partial charge in [0.25, 0.3) is 0 Å². The van der Waals surface area contributed by atoms with E-state index < -0.39 is 37.1 Å². The van der Waals surface area contributed by atoms with E-state index in [1.165, 1.54) is 0 Å². The monoisotopic (exact) mass is 441 g/mol. The highest BCUT2D eigenvalue weighted by atomic mass is 16.5. The SMILES string of the molecule is N#Cc1cc(OC2CCC2)c([C@@H]2O[C@H](CO)[C@@H](O)[C@H](O)[C@H]2O)cc1Cc1ccc(O)cc1. The Morgan fingerprint density at radius 2 is 1.75 bits per heavy atom. The van der Waals surface area contributed by atoms with Gasteiger partial charge in [-0.25, -0.2) is 0 Å². The Bertz CT molecular complexity index is 981. The predicted octanol–water partition coefficient (Wildman–Crippen LogP) is 1.30. The molecular formula is C24H27NO7. The molecule has 2 aromatic rings. The van der Waals surface area contributed by atoms with E-state index >= 15 is 0 Å². The molecule has 1 saturated heterocycles. The second-order valence-corrected chi connectivity index (χ2v) is 8.42. The van der Waals surface area contributed by atoms with Gasteiger partial charge in [-0.2, -0.15) is 5.26 Å². The Hall–Kier alpha value is -2.67. The highest BCUT2D eigenvalue weighted by Gasteiger charge is 2.45. The van der Waals surface area contributed by atoms with Crippen LogP contribution in [0, 0.1) is 11.3 Å². The van der Waals surface area contributed by atoms with Crippen LogP contribution in [0.1, 0.15) is 47.6 Å². The van der Waals surface area contributed by atoms with E-state index in [9.17, 15) is 30.8 Å². The summed E-state index contributed by atoms with van der Waals surface area (Å²) in [4.78, 5) is 0. The van der Waals surface area contributed by atoms with Crippen LogP contribution in [0.4, 0.5) is 0 Å². The van der Waals surface area contributed by atoms with Gasteiger partial charge < -0.3 is 35.0 Å². The quantitative estimate of drug-likeness (QED) is 0.451. The summed E-state index contributed by atoms with van der Waals surface area (Å²) in [5, 5.41) is 60.0. The van der Waals surface area contributed by atoms with E-state index in [2.05, 4.69) is 6.07 Å². The molecule has 2 aromatic carbocycles. The van der Waals surface area contributed by atoms with Gasteiger partial charge in [0.1, 0.15) is 42.0 Å². The van der Waals surface area contributed by atoms with Crippen LogP contribution in [-0.4, -0.2) is 62.7 Å². The van der Waals surface area contributed by atoms with Gasteiger partial charge in [0.05, 0.1) is 24.3 Å². The van der Waals surface area contributed by atoms with E-state index in [1.807, 2.05) is 0 Å². The van der Waals surface area contributed by atoms with Crippen LogP contribution in [-0.2, 0) is 11.2 Å². The van der Waals surface area contributed by atoms with Crippen LogP contribution in [0.5, 0.6) is 11.5 Å². The number of ether oxygens (including phenoxy) is 2. The number of benzene rings is 2. The third kappa shape index (κ3) is 4.44. The third-order valence-corrected chi connectivity index (χ3v) is 6.23. The number of phenols is 1. The first-order chi connectivity index (χ1) is 15.4. The van der Waals surface area contributed by atoms with Gasteiger partial charge in [-0.3, -0.25) is 0 Å². The van der Waals surface area contributed by atoms with Crippen molar-refractivity contribution >= 4 is 0 Å². The molecule has 1 saturated carbocycles. The Labute approximate surface area is 185 Å². The molecule has 170 valence electrons. The van der Waals surface area contributed by atoms with Gasteiger partial charge in [-0.05, 0) is 61.1 Å².